The van der Waals surface area contributed by atoms with Crippen LogP contribution in [0.2, 0.25) is 0 Å². The lowest BCUT2D eigenvalue weighted by molar-refractivity contribution is 0.270. The van der Waals surface area contributed by atoms with Crippen LogP contribution in [0.1, 0.15) is 31.9 Å². The number of nitrogens with zero attached hydrogens (tertiary/aromatic N) is 1. The Kier molecular flexibility index (Phi) is 4.30. The maximum absolute atomic E-state index is 5.91. The Bertz CT molecular complexity index is 575. The molecule has 4 heteroatoms. The summed E-state index contributed by atoms with van der Waals surface area (Å²) in [6.45, 7) is 12.3. The van der Waals surface area contributed by atoms with E-state index in [0.717, 1.165) is 29.5 Å². The first-order valence-electron chi connectivity index (χ1n) is 6.80. The standard InChI is InChI=1S/C15H22N2OS/c1-6-16-15-17-13-10(4)7-12(18-8-9(2)3)11(5)14(13)19-15/h7,9H,6,8H2,1-5H3,(H,16,17). The zero-order chi connectivity index (χ0) is 14.0. The number of ether oxygens (including phenoxy) is 1. The van der Waals surface area contributed by atoms with E-state index in [1.54, 1.807) is 11.3 Å². The molecule has 19 heavy (non-hydrogen) atoms. The van der Waals surface area contributed by atoms with E-state index in [4.69, 9.17) is 4.74 Å². The zero-order valence-corrected chi connectivity index (χ0v) is 13.1. The van der Waals surface area contributed by atoms with Crippen molar-refractivity contribution in [3.05, 3.63) is 17.2 Å². The molecule has 1 heterocycles. The summed E-state index contributed by atoms with van der Waals surface area (Å²) in [4.78, 5) is 4.65. The molecule has 0 amide bonds. The topological polar surface area (TPSA) is 34.2 Å². The van der Waals surface area contributed by atoms with Gasteiger partial charge in [0.1, 0.15) is 5.75 Å². The number of anilines is 1. The lowest BCUT2D eigenvalue weighted by Gasteiger charge is -2.12. The van der Waals surface area contributed by atoms with E-state index in [1.165, 1.54) is 15.8 Å². The maximum atomic E-state index is 5.91. The lowest BCUT2D eigenvalue weighted by atomic mass is 10.1. The van der Waals surface area contributed by atoms with Crippen LogP contribution < -0.4 is 10.1 Å². The summed E-state index contributed by atoms with van der Waals surface area (Å²) in [5, 5.41) is 4.28. The fourth-order valence-corrected chi connectivity index (χ4v) is 3.06. The van der Waals surface area contributed by atoms with Crippen LogP contribution in [-0.2, 0) is 0 Å². The molecule has 1 aromatic carbocycles. The van der Waals surface area contributed by atoms with E-state index in [2.05, 4.69) is 51.0 Å². The van der Waals surface area contributed by atoms with Crippen LogP contribution in [-0.4, -0.2) is 18.1 Å². The Morgan fingerprint density at radius 3 is 2.74 bits per heavy atom. The fraction of sp³-hybridized carbons (Fsp3) is 0.533. The Hall–Kier alpha value is -1.29. The average molecular weight is 278 g/mol. The van der Waals surface area contributed by atoms with Crippen molar-refractivity contribution in [2.75, 3.05) is 18.5 Å². The average Bonchev–Trinajstić information content (AvgIpc) is 2.77. The van der Waals surface area contributed by atoms with Crippen molar-refractivity contribution in [3.63, 3.8) is 0 Å². The SMILES string of the molecule is CCNc1nc2c(C)cc(OCC(C)C)c(C)c2s1. The highest BCUT2D eigenvalue weighted by atomic mass is 32.1. The first-order valence-corrected chi connectivity index (χ1v) is 7.62. The molecule has 0 spiro atoms. The number of nitrogens with one attached hydrogen (secondary N) is 1. The van der Waals surface area contributed by atoms with Crippen LogP contribution in [0.5, 0.6) is 5.75 Å². The van der Waals surface area contributed by atoms with Gasteiger partial charge in [0, 0.05) is 12.1 Å². The largest absolute Gasteiger partial charge is 0.493 e. The van der Waals surface area contributed by atoms with Crippen LogP contribution in [0.25, 0.3) is 10.2 Å². The number of aromatic nitrogens is 1. The van der Waals surface area contributed by atoms with Gasteiger partial charge in [0.05, 0.1) is 16.8 Å². The molecule has 0 radical (unpaired) electrons. The van der Waals surface area contributed by atoms with Crippen molar-refractivity contribution in [2.45, 2.75) is 34.6 Å². The van der Waals surface area contributed by atoms with Crippen LogP contribution >= 0.6 is 11.3 Å². The van der Waals surface area contributed by atoms with Crippen molar-refractivity contribution in [1.82, 2.24) is 4.98 Å². The predicted octanol–water partition coefficient (Wildman–Crippen LogP) is 4.38. The van der Waals surface area contributed by atoms with E-state index >= 15 is 0 Å². The van der Waals surface area contributed by atoms with Gasteiger partial charge in [-0.2, -0.15) is 0 Å². The van der Waals surface area contributed by atoms with Gasteiger partial charge in [-0.25, -0.2) is 4.98 Å². The van der Waals surface area contributed by atoms with Gasteiger partial charge in [-0.1, -0.05) is 25.2 Å². The summed E-state index contributed by atoms with van der Waals surface area (Å²) in [6, 6.07) is 2.11. The van der Waals surface area contributed by atoms with Crippen molar-refractivity contribution >= 4 is 26.7 Å². The number of fused-ring (bicyclic) bond motifs is 1. The minimum atomic E-state index is 0.536. The molecule has 0 fully saturated rings. The van der Waals surface area contributed by atoms with Crippen molar-refractivity contribution in [1.29, 1.82) is 0 Å². The second kappa shape index (κ2) is 5.78. The van der Waals surface area contributed by atoms with Crippen molar-refractivity contribution in [3.8, 4) is 5.75 Å². The molecule has 2 rings (SSSR count). The fourth-order valence-electron chi connectivity index (χ4n) is 1.96. The van der Waals surface area contributed by atoms with Crippen molar-refractivity contribution in [2.24, 2.45) is 5.92 Å². The molecule has 0 aliphatic carbocycles. The van der Waals surface area contributed by atoms with Gasteiger partial charge in [-0.3, -0.25) is 0 Å². The molecule has 0 bridgehead atoms. The number of aryl methyl sites for hydroxylation is 2. The van der Waals surface area contributed by atoms with E-state index in [1.807, 2.05) is 0 Å². The normalized spacial score (nSPS) is 11.3. The predicted molar refractivity (Wildman–Crippen MR) is 83.6 cm³/mol. The summed E-state index contributed by atoms with van der Waals surface area (Å²) >= 11 is 1.71. The smallest absolute Gasteiger partial charge is 0.183 e. The van der Waals surface area contributed by atoms with Gasteiger partial charge in [0.25, 0.3) is 0 Å². The summed E-state index contributed by atoms with van der Waals surface area (Å²) in [7, 11) is 0. The molecule has 0 aliphatic heterocycles. The number of thiazole rings is 1. The highest BCUT2D eigenvalue weighted by Crippen LogP contribution is 2.36. The van der Waals surface area contributed by atoms with Crippen LogP contribution in [0.15, 0.2) is 6.07 Å². The molecular weight excluding hydrogens is 256 g/mol. The highest BCUT2D eigenvalue weighted by molar-refractivity contribution is 7.22. The molecule has 0 saturated heterocycles. The van der Waals surface area contributed by atoms with Gasteiger partial charge in [0.15, 0.2) is 5.13 Å². The third-order valence-electron chi connectivity index (χ3n) is 2.96. The van der Waals surface area contributed by atoms with Gasteiger partial charge < -0.3 is 10.1 Å². The maximum Gasteiger partial charge on any atom is 0.183 e. The number of hydrogen-bond donors (Lipinski definition) is 1. The first kappa shape index (κ1) is 14.1. The Labute approximate surface area is 119 Å². The second-order valence-corrected chi connectivity index (χ2v) is 6.25. The van der Waals surface area contributed by atoms with Crippen LogP contribution in [0, 0.1) is 19.8 Å². The van der Waals surface area contributed by atoms with Crippen molar-refractivity contribution < 1.29 is 4.74 Å². The monoisotopic (exact) mass is 278 g/mol. The lowest BCUT2D eigenvalue weighted by Crippen LogP contribution is -2.05. The molecule has 0 saturated carbocycles. The quantitative estimate of drug-likeness (QED) is 0.881. The molecule has 2 aromatic rings. The molecule has 0 atom stereocenters. The number of rotatable bonds is 5. The molecule has 1 aromatic heterocycles. The molecular formula is C15H22N2OS. The highest BCUT2D eigenvalue weighted by Gasteiger charge is 2.13. The van der Waals surface area contributed by atoms with E-state index in [9.17, 15) is 0 Å². The molecule has 1 N–H and O–H groups in total. The van der Waals surface area contributed by atoms with Gasteiger partial charge >= 0.3 is 0 Å². The Morgan fingerprint density at radius 2 is 2.11 bits per heavy atom. The van der Waals surface area contributed by atoms with Gasteiger partial charge in [-0.05, 0) is 38.3 Å². The van der Waals surface area contributed by atoms with E-state index in [-0.39, 0.29) is 0 Å². The van der Waals surface area contributed by atoms with E-state index < -0.39 is 0 Å². The zero-order valence-electron chi connectivity index (χ0n) is 12.3. The van der Waals surface area contributed by atoms with Gasteiger partial charge in [-0.15, -0.1) is 0 Å². The summed E-state index contributed by atoms with van der Waals surface area (Å²) in [5.41, 5.74) is 3.47. The van der Waals surface area contributed by atoms with Crippen LogP contribution in [0.4, 0.5) is 5.13 Å². The molecule has 3 nitrogen and oxygen atoms in total. The summed E-state index contributed by atoms with van der Waals surface area (Å²) in [5.74, 6) is 1.53. The minimum absolute atomic E-state index is 0.536. The minimum Gasteiger partial charge on any atom is -0.493 e. The summed E-state index contributed by atoms with van der Waals surface area (Å²) in [6.07, 6.45) is 0. The van der Waals surface area contributed by atoms with E-state index in [0.29, 0.717) is 5.92 Å². The van der Waals surface area contributed by atoms with Crippen LogP contribution in [0.3, 0.4) is 0 Å². The second-order valence-electron chi connectivity index (χ2n) is 5.25. The molecule has 104 valence electrons. The molecule has 0 unspecified atom stereocenters. The Balaban J connectivity index is 2.42. The molecule has 0 aliphatic rings. The summed E-state index contributed by atoms with van der Waals surface area (Å²) < 4.78 is 7.15. The number of benzene rings is 1. The third kappa shape index (κ3) is 3.00. The first-order chi connectivity index (χ1) is 9.02. The number of hydrogen-bond acceptors (Lipinski definition) is 4. The third-order valence-corrected chi connectivity index (χ3v) is 4.09. The Morgan fingerprint density at radius 1 is 1.37 bits per heavy atom. The van der Waals surface area contributed by atoms with Gasteiger partial charge in [0.2, 0.25) is 0 Å².